The molecular weight excluding hydrogens is 198 g/mol. The highest BCUT2D eigenvalue weighted by atomic mass is 15.2. The number of nitrogens with one attached hydrogen (secondary N) is 1. The first kappa shape index (κ1) is 13.5. The van der Waals surface area contributed by atoms with Gasteiger partial charge >= 0.3 is 0 Å². The van der Waals surface area contributed by atoms with Crippen molar-refractivity contribution in [1.29, 1.82) is 5.41 Å². The lowest BCUT2D eigenvalue weighted by Gasteiger charge is -2.38. The minimum atomic E-state index is -0.152. The summed E-state index contributed by atoms with van der Waals surface area (Å²) in [4.78, 5) is 2.55. The van der Waals surface area contributed by atoms with Crippen molar-refractivity contribution in [3.8, 4) is 0 Å². The molecule has 1 aliphatic rings. The van der Waals surface area contributed by atoms with E-state index in [1.165, 1.54) is 19.4 Å². The average Bonchev–Trinajstić information content (AvgIpc) is 2.19. The van der Waals surface area contributed by atoms with Crippen LogP contribution < -0.4 is 5.73 Å². The molecule has 0 saturated carbocycles. The third-order valence-electron chi connectivity index (χ3n) is 4.00. The second kappa shape index (κ2) is 5.17. The number of amidine groups is 1. The van der Waals surface area contributed by atoms with Crippen molar-refractivity contribution in [2.24, 2.45) is 17.1 Å². The molecule has 1 heterocycles. The quantitative estimate of drug-likeness (QED) is 0.570. The number of hydrogen-bond donors (Lipinski definition) is 2. The molecule has 94 valence electrons. The summed E-state index contributed by atoms with van der Waals surface area (Å²) in [6.07, 6.45) is 3.65. The van der Waals surface area contributed by atoms with Crippen LogP contribution in [0.15, 0.2) is 0 Å². The molecule has 1 saturated heterocycles. The predicted octanol–water partition coefficient (Wildman–Crippen LogP) is 2.46. The second-order valence-electron chi connectivity index (χ2n) is 6.07. The van der Waals surface area contributed by atoms with E-state index in [4.69, 9.17) is 11.1 Å². The Morgan fingerprint density at radius 2 is 2.00 bits per heavy atom. The molecule has 3 nitrogen and oxygen atoms in total. The Kier molecular flexibility index (Phi) is 4.36. The van der Waals surface area contributed by atoms with Gasteiger partial charge in [0, 0.05) is 18.0 Å². The third kappa shape index (κ3) is 3.48. The molecule has 2 atom stereocenters. The van der Waals surface area contributed by atoms with E-state index in [9.17, 15) is 0 Å². The molecule has 0 amide bonds. The van der Waals surface area contributed by atoms with E-state index in [0.29, 0.717) is 11.9 Å². The second-order valence-corrected chi connectivity index (χ2v) is 6.07. The van der Waals surface area contributed by atoms with Gasteiger partial charge in [0.05, 0.1) is 5.84 Å². The zero-order chi connectivity index (χ0) is 12.3. The van der Waals surface area contributed by atoms with Gasteiger partial charge in [0.2, 0.25) is 0 Å². The van der Waals surface area contributed by atoms with Gasteiger partial charge < -0.3 is 10.6 Å². The molecule has 1 aliphatic heterocycles. The smallest absolute Gasteiger partial charge is 0.0963 e. The van der Waals surface area contributed by atoms with Crippen molar-refractivity contribution in [3.63, 3.8) is 0 Å². The van der Waals surface area contributed by atoms with Crippen molar-refractivity contribution < 1.29 is 0 Å². The maximum atomic E-state index is 7.56. The molecule has 0 spiro atoms. The zero-order valence-corrected chi connectivity index (χ0v) is 11.2. The standard InChI is InChI=1S/C13H27N3/c1-10-5-6-11(2)16(9-10)8-7-13(3,4)12(14)15/h10-11H,5-9H2,1-4H3,(H3,14,15). The van der Waals surface area contributed by atoms with Crippen LogP contribution in [0, 0.1) is 16.7 Å². The van der Waals surface area contributed by atoms with Crippen LogP contribution in [-0.2, 0) is 0 Å². The third-order valence-corrected chi connectivity index (χ3v) is 4.00. The van der Waals surface area contributed by atoms with Crippen molar-refractivity contribution >= 4 is 5.84 Å². The first-order chi connectivity index (χ1) is 7.33. The van der Waals surface area contributed by atoms with Crippen LogP contribution in [-0.4, -0.2) is 29.9 Å². The number of nitrogens with zero attached hydrogens (tertiary/aromatic N) is 1. The van der Waals surface area contributed by atoms with Gasteiger partial charge in [-0.05, 0) is 38.6 Å². The highest BCUT2D eigenvalue weighted by Crippen LogP contribution is 2.25. The molecule has 0 aliphatic carbocycles. The number of hydrogen-bond acceptors (Lipinski definition) is 2. The fourth-order valence-electron chi connectivity index (χ4n) is 2.25. The summed E-state index contributed by atoms with van der Waals surface area (Å²) in [5, 5.41) is 7.56. The molecule has 1 fully saturated rings. The van der Waals surface area contributed by atoms with E-state index in [0.717, 1.165) is 18.9 Å². The maximum absolute atomic E-state index is 7.56. The summed E-state index contributed by atoms with van der Waals surface area (Å²) in [7, 11) is 0. The number of piperidine rings is 1. The lowest BCUT2D eigenvalue weighted by molar-refractivity contribution is 0.115. The Morgan fingerprint density at radius 3 is 2.56 bits per heavy atom. The van der Waals surface area contributed by atoms with Gasteiger partial charge in [0.1, 0.15) is 0 Å². The van der Waals surface area contributed by atoms with E-state index >= 15 is 0 Å². The van der Waals surface area contributed by atoms with E-state index < -0.39 is 0 Å². The molecule has 3 N–H and O–H groups in total. The Labute approximate surface area is 99.9 Å². The molecule has 16 heavy (non-hydrogen) atoms. The molecule has 3 heteroatoms. The average molecular weight is 225 g/mol. The van der Waals surface area contributed by atoms with Gasteiger partial charge in [-0.2, -0.15) is 0 Å². The van der Waals surface area contributed by atoms with Crippen LogP contribution in [0.3, 0.4) is 0 Å². The summed E-state index contributed by atoms with van der Waals surface area (Å²) in [6, 6.07) is 0.693. The normalized spacial score (nSPS) is 28.0. The van der Waals surface area contributed by atoms with Crippen LogP contribution in [0.2, 0.25) is 0 Å². The predicted molar refractivity (Wildman–Crippen MR) is 69.7 cm³/mol. The van der Waals surface area contributed by atoms with Crippen molar-refractivity contribution in [2.75, 3.05) is 13.1 Å². The lowest BCUT2D eigenvalue weighted by atomic mass is 9.86. The first-order valence-corrected chi connectivity index (χ1v) is 6.41. The Bertz CT molecular complexity index is 248. The van der Waals surface area contributed by atoms with Gasteiger partial charge in [-0.15, -0.1) is 0 Å². The largest absolute Gasteiger partial charge is 0.387 e. The molecule has 1 rings (SSSR count). The number of rotatable bonds is 4. The highest BCUT2D eigenvalue weighted by Gasteiger charge is 2.27. The molecule has 0 aromatic rings. The summed E-state index contributed by atoms with van der Waals surface area (Å²) in [5.74, 6) is 1.13. The van der Waals surface area contributed by atoms with E-state index in [-0.39, 0.29) is 5.41 Å². The molecule has 0 aromatic carbocycles. The van der Waals surface area contributed by atoms with Crippen LogP contribution in [0.25, 0.3) is 0 Å². The number of likely N-dealkylation sites (tertiary alicyclic amines) is 1. The van der Waals surface area contributed by atoms with Crippen LogP contribution >= 0.6 is 0 Å². The summed E-state index contributed by atoms with van der Waals surface area (Å²) in [6.45, 7) is 11.0. The van der Waals surface area contributed by atoms with Gasteiger partial charge in [0.25, 0.3) is 0 Å². The maximum Gasteiger partial charge on any atom is 0.0963 e. The lowest BCUT2D eigenvalue weighted by Crippen LogP contribution is -2.43. The van der Waals surface area contributed by atoms with E-state index in [1.807, 2.05) is 0 Å². The first-order valence-electron chi connectivity index (χ1n) is 6.41. The zero-order valence-electron chi connectivity index (χ0n) is 11.2. The van der Waals surface area contributed by atoms with Crippen LogP contribution in [0.4, 0.5) is 0 Å². The van der Waals surface area contributed by atoms with Gasteiger partial charge in [-0.25, -0.2) is 0 Å². The topological polar surface area (TPSA) is 53.1 Å². The fraction of sp³-hybridized carbons (Fsp3) is 0.923. The Balaban J connectivity index is 2.44. The van der Waals surface area contributed by atoms with Gasteiger partial charge in [-0.1, -0.05) is 20.8 Å². The minimum Gasteiger partial charge on any atom is -0.387 e. The molecule has 0 radical (unpaired) electrons. The highest BCUT2D eigenvalue weighted by molar-refractivity contribution is 5.82. The van der Waals surface area contributed by atoms with Gasteiger partial charge in [0.15, 0.2) is 0 Å². The minimum absolute atomic E-state index is 0.152. The SMILES string of the molecule is CC1CCC(C)N(CCC(C)(C)C(=N)N)C1. The van der Waals surface area contributed by atoms with Crippen LogP contribution in [0.5, 0.6) is 0 Å². The van der Waals surface area contributed by atoms with Crippen LogP contribution in [0.1, 0.15) is 47.0 Å². The summed E-state index contributed by atoms with van der Waals surface area (Å²) < 4.78 is 0. The van der Waals surface area contributed by atoms with E-state index in [2.05, 4.69) is 32.6 Å². The molecule has 2 unspecified atom stereocenters. The molecular formula is C13H27N3. The van der Waals surface area contributed by atoms with Crippen molar-refractivity contribution in [3.05, 3.63) is 0 Å². The molecule has 0 bridgehead atoms. The molecule has 0 aromatic heterocycles. The van der Waals surface area contributed by atoms with Gasteiger partial charge in [-0.3, -0.25) is 5.41 Å². The summed E-state index contributed by atoms with van der Waals surface area (Å²) >= 11 is 0. The van der Waals surface area contributed by atoms with Crippen molar-refractivity contribution in [1.82, 2.24) is 4.90 Å². The van der Waals surface area contributed by atoms with E-state index in [1.54, 1.807) is 0 Å². The van der Waals surface area contributed by atoms with Crippen molar-refractivity contribution in [2.45, 2.75) is 53.0 Å². The Morgan fingerprint density at radius 1 is 1.38 bits per heavy atom. The summed E-state index contributed by atoms with van der Waals surface area (Å²) in [5.41, 5.74) is 5.46. The fourth-order valence-corrected chi connectivity index (χ4v) is 2.25. The Hall–Kier alpha value is -0.570. The number of nitrogens with two attached hydrogens (primary N) is 1. The monoisotopic (exact) mass is 225 g/mol.